The standard InChI is InChI=1S/C16H26N2O2/c1-4-14-12-18(13(2)11-17-14)9-10-20-16-8-6-5-7-15(16)19-3/h5-8,13-14,17H,4,9-12H2,1-3H3. The van der Waals surface area contributed by atoms with E-state index in [2.05, 4.69) is 24.1 Å². The summed E-state index contributed by atoms with van der Waals surface area (Å²) in [6.45, 7) is 8.32. The Morgan fingerprint density at radius 1 is 1.30 bits per heavy atom. The summed E-state index contributed by atoms with van der Waals surface area (Å²) in [7, 11) is 1.67. The van der Waals surface area contributed by atoms with Crippen LogP contribution in [0.2, 0.25) is 0 Å². The Balaban J connectivity index is 1.82. The predicted molar refractivity (Wildman–Crippen MR) is 81.6 cm³/mol. The lowest BCUT2D eigenvalue weighted by Gasteiger charge is -2.38. The largest absolute Gasteiger partial charge is 0.493 e. The maximum Gasteiger partial charge on any atom is 0.161 e. The Morgan fingerprint density at radius 2 is 2.05 bits per heavy atom. The van der Waals surface area contributed by atoms with E-state index in [1.807, 2.05) is 24.3 Å². The quantitative estimate of drug-likeness (QED) is 0.864. The number of nitrogens with zero attached hydrogens (tertiary/aromatic N) is 1. The lowest BCUT2D eigenvalue weighted by molar-refractivity contribution is 0.116. The minimum Gasteiger partial charge on any atom is -0.493 e. The number of rotatable bonds is 6. The molecular formula is C16H26N2O2. The van der Waals surface area contributed by atoms with Gasteiger partial charge in [-0.3, -0.25) is 4.90 Å². The van der Waals surface area contributed by atoms with E-state index in [1.54, 1.807) is 7.11 Å². The number of methoxy groups -OCH3 is 1. The molecule has 0 aliphatic carbocycles. The van der Waals surface area contributed by atoms with Crippen molar-refractivity contribution in [1.29, 1.82) is 0 Å². The first-order chi connectivity index (χ1) is 9.74. The monoisotopic (exact) mass is 278 g/mol. The number of benzene rings is 1. The van der Waals surface area contributed by atoms with E-state index in [0.29, 0.717) is 18.7 Å². The molecule has 0 amide bonds. The van der Waals surface area contributed by atoms with Crippen molar-refractivity contribution in [3.05, 3.63) is 24.3 Å². The SMILES string of the molecule is CCC1CN(CCOc2ccccc2OC)C(C)CN1. The molecule has 0 aromatic heterocycles. The molecule has 0 radical (unpaired) electrons. The van der Waals surface area contributed by atoms with Crippen molar-refractivity contribution >= 4 is 0 Å². The molecule has 1 aliphatic rings. The maximum atomic E-state index is 5.86. The van der Waals surface area contributed by atoms with Gasteiger partial charge >= 0.3 is 0 Å². The molecule has 0 bridgehead atoms. The van der Waals surface area contributed by atoms with Gasteiger partial charge in [0.15, 0.2) is 11.5 Å². The van der Waals surface area contributed by atoms with Gasteiger partial charge in [-0.25, -0.2) is 0 Å². The van der Waals surface area contributed by atoms with Crippen molar-refractivity contribution in [2.24, 2.45) is 0 Å². The first-order valence-electron chi connectivity index (χ1n) is 7.47. The van der Waals surface area contributed by atoms with Gasteiger partial charge in [-0.15, -0.1) is 0 Å². The molecule has 0 spiro atoms. The molecule has 1 aromatic rings. The van der Waals surface area contributed by atoms with Crippen LogP contribution in [0.1, 0.15) is 20.3 Å². The number of para-hydroxylation sites is 2. The van der Waals surface area contributed by atoms with Crippen molar-refractivity contribution in [3.8, 4) is 11.5 Å². The van der Waals surface area contributed by atoms with Gasteiger partial charge in [-0.1, -0.05) is 19.1 Å². The Bertz CT molecular complexity index is 411. The van der Waals surface area contributed by atoms with Gasteiger partial charge in [0.1, 0.15) is 6.61 Å². The highest BCUT2D eigenvalue weighted by Crippen LogP contribution is 2.25. The van der Waals surface area contributed by atoms with E-state index in [-0.39, 0.29) is 0 Å². The highest BCUT2D eigenvalue weighted by Gasteiger charge is 2.23. The minimum absolute atomic E-state index is 0.569. The summed E-state index contributed by atoms with van der Waals surface area (Å²) in [6.07, 6.45) is 1.18. The second-order valence-electron chi connectivity index (χ2n) is 5.36. The molecule has 0 saturated carbocycles. The summed E-state index contributed by atoms with van der Waals surface area (Å²) in [5.41, 5.74) is 0. The third kappa shape index (κ3) is 3.87. The van der Waals surface area contributed by atoms with Gasteiger partial charge in [0.05, 0.1) is 7.11 Å². The zero-order chi connectivity index (χ0) is 14.4. The van der Waals surface area contributed by atoms with Crippen LogP contribution in [0.3, 0.4) is 0 Å². The number of piperazine rings is 1. The van der Waals surface area contributed by atoms with Crippen LogP contribution in [-0.2, 0) is 0 Å². The smallest absolute Gasteiger partial charge is 0.161 e. The van der Waals surface area contributed by atoms with Crippen molar-refractivity contribution < 1.29 is 9.47 Å². The second-order valence-corrected chi connectivity index (χ2v) is 5.36. The van der Waals surface area contributed by atoms with E-state index in [4.69, 9.17) is 9.47 Å². The molecule has 1 saturated heterocycles. The first kappa shape index (κ1) is 15.1. The summed E-state index contributed by atoms with van der Waals surface area (Å²) in [4.78, 5) is 2.50. The Hall–Kier alpha value is -1.26. The van der Waals surface area contributed by atoms with Gasteiger partial charge in [-0.2, -0.15) is 0 Å². The van der Waals surface area contributed by atoms with E-state index >= 15 is 0 Å². The molecule has 2 rings (SSSR count). The Labute approximate surface area is 122 Å². The number of nitrogens with one attached hydrogen (secondary N) is 1. The van der Waals surface area contributed by atoms with E-state index < -0.39 is 0 Å². The zero-order valence-electron chi connectivity index (χ0n) is 12.8. The predicted octanol–water partition coefficient (Wildman–Crippen LogP) is 2.15. The third-order valence-electron chi connectivity index (χ3n) is 3.98. The van der Waals surface area contributed by atoms with Crippen molar-refractivity contribution in [2.45, 2.75) is 32.4 Å². The van der Waals surface area contributed by atoms with E-state index in [1.165, 1.54) is 6.42 Å². The Morgan fingerprint density at radius 3 is 2.75 bits per heavy atom. The molecule has 1 aromatic carbocycles. The third-order valence-corrected chi connectivity index (χ3v) is 3.98. The molecular weight excluding hydrogens is 252 g/mol. The van der Waals surface area contributed by atoms with Crippen LogP contribution in [0, 0.1) is 0 Å². The molecule has 4 heteroatoms. The van der Waals surface area contributed by atoms with Crippen molar-refractivity contribution in [3.63, 3.8) is 0 Å². The van der Waals surface area contributed by atoms with Gasteiger partial charge in [0.25, 0.3) is 0 Å². The average molecular weight is 278 g/mol. The molecule has 112 valence electrons. The summed E-state index contributed by atoms with van der Waals surface area (Å²) in [5.74, 6) is 1.62. The van der Waals surface area contributed by atoms with Gasteiger partial charge < -0.3 is 14.8 Å². The number of hydrogen-bond donors (Lipinski definition) is 1. The van der Waals surface area contributed by atoms with Crippen LogP contribution in [0.15, 0.2) is 24.3 Å². The van der Waals surface area contributed by atoms with Crippen LogP contribution < -0.4 is 14.8 Å². The molecule has 2 unspecified atom stereocenters. The van der Waals surface area contributed by atoms with E-state index in [9.17, 15) is 0 Å². The molecule has 1 fully saturated rings. The minimum atomic E-state index is 0.569. The zero-order valence-corrected chi connectivity index (χ0v) is 12.8. The summed E-state index contributed by atoms with van der Waals surface area (Å²) < 4.78 is 11.2. The number of hydrogen-bond acceptors (Lipinski definition) is 4. The lowest BCUT2D eigenvalue weighted by atomic mass is 10.1. The van der Waals surface area contributed by atoms with Crippen LogP contribution in [-0.4, -0.2) is 50.3 Å². The van der Waals surface area contributed by atoms with Crippen LogP contribution in [0.5, 0.6) is 11.5 Å². The highest BCUT2D eigenvalue weighted by molar-refractivity contribution is 5.39. The Kier molecular flexibility index (Phi) is 5.68. The van der Waals surface area contributed by atoms with Gasteiger partial charge in [0, 0.05) is 31.7 Å². The van der Waals surface area contributed by atoms with Crippen LogP contribution >= 0.6 is 0 Å². The molecule has 1 aliphatic heterocycles. The normalized spacial score (nSPS) is 23.6. The maximum absolute atomic E-state index is 5.86. The fourth-order valence-corrected chi connectivity index (χ4v) is 2.59. The fraction of sp³-hybridized carbons (Fsp3) is 0.625. The first-order valence-corrected chi connectivity index (χ1v) is 7.47. The van der Waals surface area contributed by atoms with Gasteiger partial charge in [0.2, 0.25) is 0 Å². The van der Waals surface area contributed by atoms with Gasteiger partial charge in [-0.05, 0) is 25.5 Å². The van der Waals surface area contributed by atoms with Crippen LogP contribution in [0.4, 0.5) is 0 Å². The summed E-state index contributed by atoms with van der Waals surface area (Å²) in [5, 5.41) is 3.57. The lowest BCUT2D eigenvalue weighted by Crippen LogP contribution is -2.55. The van der Waals surface area contributed by atoms with Crippen LogP contribution in [0.25, 0.3) is 0 Å². The fourth-order valence-electron chi connectivity index (χ4n) is 2.59. The average Bonchev–Trinajstić information content (AvgIpc) is 2.49. The molecule has 2 atom stereocenters. The second kappa shape index (κ2) is 7.50. The summed E-state index contributed by atoms with van der Waals surface area (Å²) in [6, 6.07) is 8.98. The highest BCUT2D eigenvalue weighted by atomic mass is 16.5. The van der Waals surface area contributed by atoms with Crippen molar-refractivity contribution in [1.82, 2.24) is 10.2 Å². The molecule has 1 N–H and O–H groups in total. The van der Waals surface area contributed by atoms with E-state index in [0.717, 1.165) is 31.1 Å². The van der Waals surface area contributed by atoms with Crippen molar-refractivity contribution in [2.75, 3.05) is 33.4 Å². The topological polar surface area (TPSA) is 33.7 Å². The molecule has 1 heterocycles. The number of ether oxygens (including phenoxy) is 2. The summed E-state index contributed by atoms with van der Waals surface area (Å²) >= 11 is 0. The molecule has 4 nitrogen and oxygen atoms in total. The molecule has 20 heavy (non-hydrogen) atoms.